The van der Waals surface area contributed by atoms with Gasteiger partial charge in [-0.15, -0.1) is 0 Å². The zero-order valence-electron chi connectivity index (χ0n) is 13.3. The predicted molar refractivity (Wildman–Crippen MR) is 87.9 cm³/mol. The van der Waals surface area contributed by atoms with Crippen molar-refractivity contribution < 1.29 is 19.4 Å². The molecule has 0 unspecified atom stereocenters. The summed E-state index contributed by atoms with van der Waals surface area (Å²) in [4.78, 5) is 24.3. The van der Waals surface area contributed by atoms with Crippen LogP contribution in [0.4, 0.5) is 0 Å². The summed E-state index contributed by atoms with van der Waals surface area (Å²) in [5.41, 5.74) is 2.95. The number of aryl methyl sites for hydroxylation is 2. The van der Waals surface area contributed by atoms with E-state index in [0.29, 0.717) is 11.1 Å². The molecule has 0 radical (unpaired) electrons. The number of aromatic hydroxyl groups is 1. The van der Waals surface area contributed by atoms with Crippen LogP contribution >= 0.6 is 0 Å². The molecule has 2 aromatic rings. The van der Waals surface area contributed by atoms with E-state index in [9.17, 15) is 14.7 Å². The first-order chi connectivity index (χ1) is 11.0. The van der Waals surface area contributed by atoms with Gasteiger partial charge in [-0.1, -0.05) is 26.0 Å². The van der Waals surface area contributed by atoms with E-state index in [1.807, 2.05) is 32.0 Å². The van der Waals surface area contributed by atoms with Crippen LogP contribution in [0.25, 0.3) is 0 Å². The van der Waals surface area contributed by atoms with Gasteiger partial charge < -0.3 is 9.84 Å². The van der Waals surface area contributed by atoms with E-state index >= 15 is 0 Å². The first-order valence-corrected chi connectivity index (χ1v) is 7.66. The number of Topliss-reactive ketones (excluding diaryl/α,β-unsaturated/α-hetero) is 1. The lowest BCUT2D eigenvalue weighted by molar-refractivity contribution is 0.0474. The maximum Gasteiger partial charge on any atom is 0.338 e. The first kappa shape index (κ1) is 16.7. The van der Waals surface area contributed by atoms with Crippen LogP contribution in [0.5, 0.6) is 5.75 Å². The first-order valence-electron chi connectivity index (χ1n) is 7.66. The van der Waals surface area contributed by atoms with Crippen LogP contribution < -0.4 is 0 Å². The number of hydrogen-bond acceptors (Lipinski definition) is 4. The van der Waals surface area contributed by atoms with Crippen LogP contribution in [-0.2, 0) is 17.6 Å². The minimum absolute atomic E-state index is 0.0709. The van der Waals surface area contributed by atoms with E-state index in [-0.39, 0.29) is 18.1 Å². The molecule has 4 nitrogen and oxygen atoms in total. The highest BCUT2D eigenvalue weighted by Crippen LogP contribution is 2.15. The molecule has 23 heavy (non-hydrogen) atoms. The predicted octanol–water partition coefficient (Wildman–Crippen LogP) is 3.56. The molecule has 0 aromatic heterocycles. The standard InChI is InChI=1S/C19H20O4/c1-3-13-5-6-14(4-2)17(11-13)18(21)12-23-19(22)15-7-9-16(20)10-8-15/h5-11,20H,3-4,12H2,1-2H3. The Morgan fingerprint density at radius 2 is 1.70 bits per heavy atom. The SMILES string of the molecule is CCc1ccc(CC)c(C(=O)COC(=O)c2ccc(O)cc2)c1. The summed E-state index contributed by atoms with van der Waals surface area (Å²) < 4.78 is 5.09. The third-order valence-corrected chi connectivity index (χ3v) is 3.70. The number of rotatable bonds is 6. The lowest BCUT2D eigenvalue weighted by Crippen LogP contribution is -2.16. The molecular weight excluding hydrogens is 292 g/mol. The van der Waals surface area contributed by atoms with E-state index in [0.717, 1.165) is 24.0 Å². The van der Waals surface area contributed by atoms with Crippen molar-refractivity contribution in [2.75, 3.05) is 6.61 Å². The molecule has 0 aliphatic rings. The molecule has 4 heteroatoms. The van der Waals surface area contributed by atoms with Crippen LogP contribution in [0.1, 0.15) is 45.7 Å². The highest BCUT2D eigenvalue weighted by molar-refractivity contribution is 6.00. The quantitative estimate of drug-likeness (QED) is 0.654. The average molecular weight is 312 g/mol. The van der Waals surface area contributed by atoms with Crippen molar-refractivity contribution in [2.24, 2.45) is 0 Å². The summed E-state index contributed by atoms with van der Waals surface area (Å²) in [5, 5.41) is 9.21. The van der Waals surface area contributed by atoms with Gasteiger partial charge in [0.15, 0.2) is 6.61 Å². The topological polar surface area (TPSA) is 63.6 Å². The Bertz CT molecular complexity index is 702. The molecule has 2 rings (SSSR count). The number of hydrogen-bond donors (Lipinski definition) is 1. The number of benzene rings is 2. The summed E-state index contributed by atoms with van der Waals surface area (Å²) in [6.45, 7) is 3.72. The van der Waals surface area contributed by atoms with Crippen molar-refractivity contribution in [1.29, 1.82) is 0 Å². The summed E-state index contributed by atoms with van der Waals surface area (Å²) >= 11 is 0. The normalized spacial score (nSPS) is 10.3. The molecule has 0 aliphatic carbocycles. The fourth-order valence-corrected chi connectivity index (χ4v) is 2.30. The van der Waals surface area contributed by atoms with Crippen LogP contribution in [0.15, 0.2) is 42.5 Å². The molecular formula is C19H20O4. The van der Waals surface area contributed by atoms with Crippen molar-refractivity contribution in [3.05, 3.63) is 64.7 Å². The smallest absolute Gasteiger partial charge is 0.338 e. The van der Waals surface area contributed by atoms with E-state index in [1.165, 1.54) is 24.3 Å². The van der Waals surface area contributed by atoms with Gasteiger partial charge in [0.05, 0.1) is 5.56 Å². The summed E-state index contributed by atoms with van der Waals surface area (Å²) in [6.07, 6.45) is 1.59. The summed E-state index contributed by atoms with van der Waals surface area (Å²) in [6, 6.07) is 11.5. The number of ketones is 1. The van der Waals surface area contributed by atoms with Gasteiger partial charge in [0.2, 0.25) is 5.78 Å². The van der Waals surface area contributed by atoms with Crippen molar-refractivity contribution >= 4 is 11.8 Å². The van der Waals surface area contributed by atoms with Crippen molar-refractivity contribution in [1.82, 2.24) is 0 Å². The third kappa shape index (κ3) is 4.19. The molecule has 2 aromatic carbocycles. The number of phenols is 1. The van der Waals surface area contributed by atoms with Crippen molar-refractivity contribution in [3.8, 4) is 5.75 Å². The lowest BCUT2D eigenvalue weighted by Gasteiger charge is -2.10. The monoisotopic (exact) mass is 312 g/mol. The molecule has 0 aliphatic heterocycles. The van der Waals surface area contributed by atoms with Gasteiger partial charge >= 0.3 is 5.97 Å². The van der Waals surface area contributed by atoms with Gasteiger partial charge in [-0.05, 0) is 54.3 Å². The Morgan fingerprint density at radius 1 is 1.00 bits per heavy atom. The van der Waals surface area contributed by atoms with Gasteiger partial charge in [-0.2, -0.15) is 0 Å². The molecule has 1 N–H and O–H groups in total. The van der Waals surface area contributed by atoms with Crippen LogP contribution in [0.2, 0.25) is 0 Å². The van der Waals surface area contributed by atoms with E-state index in [2.05, 4.69) is 0 Å². The minimum Gasteiger partial charge on any atom is -0.508 e. The third-order valence-electron chi connectivity index (χ3n) is 3.70. The average Bonchev–Trinajstić information content (AvgIpc) is 2.59. The molecule has 0 saturated carbocycles. The maximum absolute atomic E-state index is 12.4. The number of esters is 1. The summed E-state index contributed by atoms with van der Waals surface area (Å²) in [7, 11) is 0. The maximum atomic E-state index is 12.4. The highest BCUT2D eigenvalue weighted by atomic mass is 16.5. The molecule has 0 spiro atoms. The number of ether oxygens (including phenoxy) is 1. The number of carbonyl (C=O) groups is 2. The molecule has 0 fully saturated rings. The minimum atomic E-state index is -0.581. The van der Waals surface area contributed by atoms with Crippen molar-refractivity contribution in [3.63, 3.8) is 0 Å². The molecule has 0 atom stereocenters. The van der Waals surface area contributed by atoms with Gasteiger partial charge in [0, 0.05) is 5.56 Å². The zero-order chi connectivity index (χ0) is 16.8. The van der Waals surface area contributed by atoms with Gasteiger partial charge in [0.25, 0.3) is 0 Å². The van der Waals surface area contributed by atoms with Gasteiger partial charge in [0.1, 0.15) is 5.75 Å². The second kappa shape index (κ2) is 7.58. The van der Waals surface area contributed by atoms with Crippen LogP contribution in [0, 0.1) is 0 Å². The Labute approximate surface area is 135 Å². The fourth-order valence-electron chi connectivity index (χ4n) is 2.30. The molecule has 0 bridgehead atoms. The molecule has 120 valence electrons. The highest BCUT2D eigenvalue weighted by Gasteiger charge is 2.15. The fraction of sp³-hybridized carbons (Fsp3) is 0.263. The van der Waals surface area contributed by atoms with Crippen LogP contribution in [0.3, 0.4) is 0 Å². The van der Waals surface area contributed by atoms with Crippen LogP contribution in [-0.4, -0.2) is 23.5 Å². The van der Waals surface area contributed by atoms with Crippen molar-refractivity contribution in [2.45, 2.75) is 26.7 Å². The van der Waals surface area contributed by atoms with E-state index < -0.39 is 5.97 Å². The Kier molecular flexibility index (Phi) is 5.52. The molecule has 0 heterocycles. The largest absolute Gasteiger partial charge is 0.508 e. The zero-order valence-corrected chi connectivity index (χ0v) is 13.3. The van der Waals surface area contributed by atoms with E-state index in [4.69, 9.17) is 4.74 Å². The van der Waals surface area contributed by atoms with E-state index in [1.54, 1.807) is 0 Å². The second-order valence-electron chi connectivity index (χ2n) is 5.24. The summed E-state index contributed by atoms with van der Waals surface area (Å²) in [5.74, 6) is -0.714. The Hall–Kier alpha value is -2.62. The molecule has 0 saturated heterocycles. The van der Waals surface area contributed by atoms with Gasteiger partial charge in [-0.3, -0.25) is 4.79 Å². The second-order valence-corrected chi connectivity index (χ2v) is 5.24. The Balaban J connectivity index is 2.07. The number of carbonyl (C=O) groups excluding carboxylic acids is 2. The number of phenolic OH excluding ortho intramolecular Hbond substituents is 1. The molecule has 0 amide bonds. The van der Waals surface area contributed by atoms with Gasteiger partial charge in [-0.25, -0.2) is 4.79 Å². The lowest BCUT2D eigenvalue weighted by atomic mass is 9.98. The Morgan fingerprint density at radius 3 is 2.30 bits per heavy atom.